The van der Waals surface area contributed by atoms with E-state index in [0.29, 0.717) is 49.4 Å². The van der Waals surface area contributed by atoms with E-state index in [1.807, 2.05) is 20.8 Å². The van der Waals surface area contributed by atoms with E-state index in [2.05, 4.69) is 15.5 Å². The van der Waals surface area contributed by atoms with Crippen molar-refractivity contribution in [2.45, 2.75) is 40.7 Å². The Labute approximate surface area is 204 Å². The van der Waals surface area contributed by atoms with Crippen LogP contribution in [0.3, 0.4) is 0 Å². The first-order valence-electron chi connectivity index (χ1n) is 11.1. The third-order valence-corrected chi connectivity index (χ3v) is 4.73. The van der Waals surface area contributed by atoms with Crippen LogP contribution in [0.25, 0.3) is 0 Å². The Balaban J connectivity index is 2.35. The molecule has 1 atom stereocenters. The molecule has 0 heterocycles. The summed E-state index contributed by atoms with van der Waals surface area (Å²) in [5.41, 5.74) is 0.626. The first-order valence-corrected chi connectivity index (χ1v) is 11.4. The van der Waals surface area contributed by atoms with Gasteiger partial charge in [-0.05, 0) is 58.9 Å². The van der Waals surface area contributed by atoms with Crippen LogP contribution in [0.15, 0.2) is 40.6 Å². The quantitative estimate of drug-likeness (QED) is 0.288. The molecule has 34 heavy (non-hydrogen) atoms. The zero-order valence-electron chi connectivity index (χ0n) is 20.0. The van der Waals surface area contributed by atoms with Crippen LogP contribution in [0, 0.1) is 0 Å². The third-order valence-electron chi connectivity index (χ3n) is 4.37. The van der Waals surface area contributed by atoms with Crippen molar-refractivity contribution >= 4 is 34.7 Å². The number of benzene rings is 2. The summed E-state index contributed by atoms with van der Waals surface area (Å²) in [4.78, 5) is 25.2. The maximum Gasteiger partial charge on any atom is 0.258 e. The van der Waals surface area contributed by atoms with Crippen molar-refractivity contribution < 1.29 is 28.5 Å². The van der Waals surface area contributed by atoms with Gasteiger partial charge in [0.1, 0.15) is 16.5 Å². The Kier molecular flexibility index (Phi) is 10.6. The van der Waals surface area contributed by atoms with Crippen LogP contribution >= 0.6 is 11.6 Å². The van der Waals surface area contributed by atoms with Crippen molar-refractivity contribution in [1.29, 1.82) is 0 Å². The van der Waals surface area contributed by atoms with Crippen LogP contribution in [0.5, 0.6) is 23.0 Å². The number of anilines is 1. The minimum Gasteiger partial charge on any atom is -0.492 e. The normalized spacial score (nSPS) is 11.7. The predicted octanol–water partition coefficient (Wildman–Crippen LogP) is 5.61. The second kappa shape index (κ2) is 13.4. The van der Waals surface area contributed by atoms with Crippen molar-refractivity contribution in [3.05, 3.63) is 35.4 Å². The molecule has 1 amide bonds. The topological polar surface area (TPSA) is 108 Å². The molecule has 0 saturated carbocycles. The van der Waals surface area contributed by atoms with E-state index < -0.39 is 17.7 Å². The average Bonchev–Trinajstić information content (AvgIpc) is 2.80. The minimum atomic E-state index is -1.40. The molecule has 0 fully saturated rings. The zero-order chi connectivity index (χ0) is 25.1. The summed E-state index contributed by atoms with van der Waals surface area (Å²) in [5, 5.41) is 11.0. The smallest absolute Gasteiger partial charge is 0.258 e. The second-order valence-corrected chi connectivity index (χ2v) is 7.19. The molecule has 0 aliphatic heterocycles. The van der Waals surface area contributed by atoms with Gasteiger partial charge in [0.05, 0.1) is 32.1 Å². The van der Waals surface area contributed by atoms with Crippen LogP contribution in [-0.4, -0.2) is 44.2 Å². The average molecular weight is 492 g/mol. The van der Waals surface area contributed by atoms with Gasteiger partial charge >= 0.3 is 0 Å². The molecule has 1 unspecified atom stereocenters. The van der Waals surface area contributed by atoms with E-state index in [9.17, 15) is 9.59 Å². The number of nitrogens with one attached hydrogen (secondary N) is 1. The van der Waals surface area contributed by atoms with Gasteiger partial charge in [0.2, 0.25) is 6.04 Å². The van der Waals surface area contributed by atoms with Crippen LogP contribution in [0.2, 0.25) is 5.02 Å². The van der Waals surface area contributed by atoms with Crippen molar-refractivity contribution in [1.82, 2.24) is 0 Å². The molecular formula is C24H30ClN3O6. The van der Waals surface area contributed by atoms with Crippen LogP contribution in [0.1, 0.15) is 34.6 Å². The molecule has 2 aromatic rings. The molecule has 0 aliphatic carbocycles. The Morgan fingerprint density at radius 3 is 2.12 bits per heavy atom. The third kappa shape index (κ3) is 6.84. The van der Waals surface area contributed by atoms with Gasteiger partial charge in [-0.1, -0.05) is 17.7 Å². The summed E-state index contributed by atoms with van der Waals surface area (Å²) < 4.78 is 22.3. The molecule has 10 heteroatoms. The maximum atomic E-state index is 13.0. The fourth-order valence-corrected chi connectivity index (χ4v) is 3.24. The molecule has 2 rings (SSSR count). The number of rotatable bonds is 13. The van der Waals surface area contributed by atoms with E-state index in [1.54, 1.807) is 37.3 Å². The lowest BCUT2D eigenvalue weighted by molar-refractivity contribution is -0.126. The molecule has 9 nitrogen and oxygen atoms in total. The van der Waals surface area contributed by atoms with E-state index >= 15 is 0 Å². The number of carbonyl (C=O) groups is 2. The molecule has 0 saturated heterocycles. The first-order chi connectivity index (χ1) is 16.4. The summed E-state index contributed by atoms with van der Waals surface area (Å²) >= 11 is 6.39. The lowest BCUT2D eigenvalue weighted by atomic mass is 10.2. The van der Waals surface area contributed by atoms with Gasteiger partial charge < -0.3 is 24.3 Å². The molecule has 0 aromatic heterocycles. The van der Waals surface area contributed by atoms with Crippen LogP contribution in [-0.2, 0) is 9.59 Å². The Bertz CT molecular complexity index is 1030. The first kappa shape index (κ1) is 26.9. The molecule has 0 radical (unpaired) electrons. The van der Waals surface area contributed by atoms with Crippen LogP contribution in [0.4, 0.5) is 11.4 Å². The van der Waals surface area contributed by atoms with Crippen molar-refractivity contribution in [2.24, 2.45) is 10.2 Å². The number of nitrogens with zero attached hydrogens (tertiary/aromatic N) is 2. The number of Topliss-reactive ketones (excluding diaryl/α,β-unsaturated/α-hetero) is 1. The van der Waals surface area contributed by atoms with Gasteiger partial charge in [-0.3, -0.25) is 9.59 Å². The number of amides is 1. The number of azo groups is 1. The number of carbonyl (C=O) groups excluding carboxylic acids is 2. The van der Waals surface area contributed by atoms with Gasteiger partial charge in [0.25, 0.3) is 5.91 Å². The molecule has 0 spiro atoms. The molecule has 184 valence electrons. The minimum absolute atomic E-state index is 0.219. The predicted molar refractivity (Wildman–Crippen MR) is 130 cm³/mol. The summed E-state index contributed by atoms with van der Waals surface area (Å²) in [5.74, 6) is 0.369. The van der Waals surface area contributed by atoms with E-state index in [-0.39, 0.29) is 16.5 Å². The van der Waals surface area contributed by atoms with Gasteiger partial charge in [-0.2, -0.15) is 10.2 Å². The lowest BCUT2D eigenvalue weighted by Gasteiger charge is -2.17. The number of halogens is 1. The van der Waals surface area contributed by atoms with Crippen molar-refractivity contribution in [2.75, 3.05) is 31.7 Å². The highest BCUT2D eigenvalue weighted by atomic mass is 35.5. The fourth-order valence-electron chi connectivity index (χ4n) is 2.97. The number of hydrogen-bond donors (Lipinski definition) is 1. The Hall–Kier alpha value is -3.33. The van der Waals surface area contributed by atoms with Crippen molar-refractivity contribution in [3.63, 3.8) is 0 Å². The summed E-state index contributed by atoms with van der Waals surface area (Å²) in [6.45, 7) is 10.1. The molecule has 0 bridgehead atoms. The number of ether oxygens (including phenoxy) is 4. The van der Waals surface area contributed by atoms with Crippen LogP contribution < -0.4 is 24.3 Å². The largest absolute Gasteiger partial charge is 0.492 e. The van der Waals surface area contributed by atoms with Gasteiger partial charge in [-0.25, -0.2) is 0 Å². The highest BCUT2D eigenvalue weighted by molar-refractivity contribution is 6.34. The molecular weight excluding hydrogens is 462 g/mol. The Morgan fingerprint density at radius 2 is 1.50 bits per heavy atom. The van der Waals surface area contributed by atoms with E-state index in [1.165, 1.54) is 6.92 Å². The van der Waals surface area contributed by atoms with E-state index in [4.69, 9.17) is 30.5 Å². The zero-order valence-corrected chi connectivity index (χ0v) is 20.8. The molecule has 1 N–H and O–H groups in total. The molecule has 2 aromatic carbocycles. The number of ketones is 1. The van der Waals surface area contributed by atoms with Gasteiger partial charge in [-0.15, -0.1) is 0 Å². The van der Waals surface area contributed by atoms with E-state index in [0.717, 1.165) is 0 Å². The van der Waals surface area contributed by atoms with Gasteiger partial charge in [0.15, 0.2) is 23.0 Å². The number of para-hydroxylation sites is 1. The standard InChI is InChI=1S/C24H30ClN3O6/c1-6-31-18-14-13-16(23(20(18)25)34-9-4)26-24(30)21(15(5)29)28-27-17-11-10-12-19(32-7-2)22(17)33-8-3/h10-14,21H,6-9H2,1-5H3,(H,26,30). The molecule has 0 aliphatic rings. The van der Waals surface area contributed by atoms with Gasteiger partial charge in [0, 0.05) is 0 Å². The summed E-state index contributed by atoms with van der Waals surface area (Å²) in [6, 6.07) is 6.93. The van der Waals surface area contributed by atoms with Crippen molar-refractivity contribution in [3.8, 4) is 23.0 Å². The fraction of sp³-hybridized carbons (Fsp3) is 0.417. The lowest BCUT2D eigenvalue weighted by Crippen LogP contribution is -2.32. The number of hydrogen-bond acceptors (Lipinski definition) is 8. The highest BCUT2D eigenvalue weighted by Crippen LogP contribution is 2.41. The summed E-state index contributed by atoms with van der Waals surface area (Å²) in [7, 11) is 0. The summed E-state index contributed by atoms with van der Waals surface area (Å²) in [6.07, 6.45) is 0. The monoisotopic (exact) mass is 491 g/mol. The highest BCUT2D eigenvalue weighted by Gasteiger charge is 2.26. The second-order valence-electron chi connectivity index (χ2n) is 6.81. The SMILES string of the molecule is CCOc1ccc(NC(=O)C(N=Nc2cccc(OCC)c2OCC)C(C)=O)c(OCC)c1Cl. The Morgan fingerprint density at radius 1 is 0.882 bits per heavy atom. The maximum absolute atomic E-state index is 13.0.